The van der Waals surface area contributed by atoms with Gasteiger partial charge >= 0.3 is 6.61 Å². The van der Waals surface area contributed by atoms with Crippen molar-refractivity contribution in [3.63, 3.8) is 0 Å². The van der Waals surface area contributed by atoms with Gasteiger partial charge in [-0.15, -0.1) is 11.3 Å². The average Bonchev–Trinajstić information content (AvgIpc) is 3.20. The minimum atomic E-state index is -2.88. The minimum absolute atomic E-state index is 0.0503. The van der Waals surface area contributed by atoms with Gasteiger partial charge in [0, 0.05) is 18.3 Å². The maximum atomic E-state index is 12.5. The molecule has 1 fully saturated rings. The van der Waals surface area contributed by atoms with Crippen molar-refractivity contribution in [1.82, 2.24) is 15.2 Å². The molecule has 2 amide bonds. The van der Waals surface area contributed by atoms with E-state index in [1.54, 1.807) is 12.1 Å². The van der Waals surface area contributed by atoms with Crippen molar-refractivity contribution in [2.45, 2.75) is 45.5 Å². The number of amides is 2. The van der Waals surface area contributed by atoms with E-state index in [0.717, 1.165) is 16.3 Å². The fourth-order valence-corrected chi connectivity index (χ4v) is 3.57. The number of aryl methyl sites for hydroxylation is 1. The number of aromatic nitrogens is 1. The standard InChI is InChI=1S/C18H19F2N3O3S/c1-11-22-13(10-27-11)8-21-17(25)15-6-7-16(24)23(15)9-12-2-4-14(5-3-12)26-18(19)20/h2-5,10,15,18H,6-9H2,1H3,(H,21,25)/t15-/m0/s1. The lowest BCUT2D eigenvalue weighted by Gasteiger charge is -2.24. The molecule has 9 heteroatoms. The smallest absolute Gasteiger partial charge is 0.387 e. The molecule has 0 radical (unpaired) electrons. The van der Waals surface area contributed by atoms with E-state index in [9.17, 15) is 18.4 Å². The third kappa shape index (κ3) is 5.00. The van der Waals surface area contributed by atoms with E-state index < -0.39 is 12.7 Å². The van der Waals surface area contributed by atoms with E-state index in [1.165, 1.54) is 28.4 Å². The second-order valence-corrected chi connectivity index (χ2v) is 7.24. The first kappa shape index (κ1) is 19.2. The zero-order chi connectivity index (χ0) is 19.4. The van der Waals surface area contributed by atoms with Gasteiger partial charge in [-0.2, -0.15) is 8.78 Å². The normalized spacial score (nSPS) is 16.8. The van der Waals surface area contributed by atoms with Gasteiger partial charge in [0.15, 0.2) is 0 Å². The lowest BCUT2D eigenvalue weighted by atomic mass is 10.1. The van der Waals surface area contributed by atoms with Crippen LogP contribution in [-0.4, -0.2) is 34.4 Å². The number of thiazole rings is 1. The Morgan fingerprint density at radius 1 is 1.41 bits per heavy atom. The molecule has 27 heavy (non-hydrogen) atoms. The molecule has 0 aliphatic carbocycles. The molecule has 3 rings (SSSR count). The van der Waals surface area contributed by atoms with Crippen molar-refractivity contribution in [2.24, 2.45) is 0 Å². The van der Waals surface area contributed by atoms with E-state index in [-0.39, 0.29) is 24.1 Å². The summed E-state index contributed by atoms with van der Waals surface area (Å²) in [6.07, 6.45) is 0.758. The van der Waals surface area contributed by atoms with Gasteiger partial charge in [0.25, 0.3) is 0 Å². The second kappa shape index (κ2) is 8.43. The number of hydrogen-bond donors (Lipinski definition) is 1. The van der Waals surface area contributed by atoms with Gasteiger partial charge in [0.2, 0.25) is 11.8 Å². The van der Waals surface area contributed by atoms with Crippen LogP contribution in [0.3, 0.4) is 0 Å². The number of carbonyl (C=O) groups excluding carboxylic acids is 2. The van der Waals surface area contributed by atoms with Crippen LogP contribution >= 0.6 is 11.3 Å². The van der Waals surface area contributed by atoms with Gasteiger partial charge in [-0.05, 0) is 31.0 Å². The average molecular weight is 395 g/mol. The van der Waals surface area contributed by atoms with Gasteiger partial charge in [-0.1, -0.05) is 12.1 Å². The SMILES string of the molecule is Cc1nc(CNC(=O)[C@@H]2CCC(=O)N2Cc2ccc(OC(F)F)cc2)cs1. The summed E-state index contributed by atoms with van der Waals surface area (Å²) >= 11 is 1.51. The van der Waals surface area contributed by atoms with Crippen LogP contribution in [0, 0.1) is 6.92 Å². The highest BCUT2D eigenvalue weighted by molar-refractivity contribution is 7.09. The van der Waals surface area contributed by atoms with E-state index in [4.69, 9.17) is 0 Å². The maximum absolute atomic E-state index is 12.5. The Kier molecular flexibility index (Phi) is 6.00. The van der Waals surface area contributed by atoms with Crippen molar-refractivity contribution in [1.29, 1.82) is 0 Å². The Bertz CT molecular complexity index is 810. The molecule has 1 aliphatic heterocycles. The molecule has 0 saturated carbocycles. The summed E-state index contributed by atoms with van der Waals surface area (Å²) in [6, 6.07) is 5.50. The van der Waals surface area contributed by atoms with Crippen molar-refractivity contribution < 1.29 is 23.1 Å². The predicted octanol–water partition coefficient (Wildman–Crippen LogP) is 2.86. The van der Waals surface area contributed by atoms with Crippen LogP contribution < -0.4 is 10.1 Å². The van der Waals surface area contributed by atoms with Gasteiger partial charge in [-0.25, -0.2) is 4.98 Å². The summed E-state index contributed by atoms with van der Waals surface area (Å²) < 4.78 is 28.7. The van der Waals surface area contributed by atoms with Gasteiger partial charge in [-0.3, -0.25) is 9.59 Å². The number of rotatable bonds is 7. The quantitative estimate of drug-likeness (QED) is 0.783. The third-order valence-electron chi connectivity index (χ3n) is 4.24. The first-order valence-electron chi connectivity index (χ1n) is 8.44. The lowest BCUT2D eigenvalue weighted by Crippen LogP contribution is -2.44. The molecule has 2 aromatic rings. The highest BCUT2D eigenvalue weighted by atomic mass is 32.1. The van der Waals surface area contributed by atoms with Crippen LogP contribution in [0.4, 0.5) is 8.78 Å². The molecule has 2 heterocycles. The van der Waals surface area contributed by atoms with Crippen LogP contribution in [-0.2, 0) is 22.7 Å². The van der Waals surface area contributed by atoms with Crippen LogP contribution in [0.5, 0.6) is 5.75 Å². The van der Waals surface area contributed by atoms with Gasteiger partial charge in [0.1, 0.15) is 11.8 Å². The highest BCUT2D eigenvalue weighted by Gasteiger charge is 2.35. The fourth-order valence-electron chi connectivity index (χ4n) is 2.96. The first-order valence-corrected chi connectivity index (χ1v) is 9.32. The Labute approximate surface area is 159 Å². The zero-order valence-electron chi connectivity index (χ0n) is 14.7. The maximum Gasteiger partial charge on any atom is 0.387 e. The molecule has 0 unspecified atom stereocenters. The number of hydrogen-bond acceptors (Lipinski definition) is 5. The number of alkyl halides is 2. The monoisotopic (exact) mass is 395 g/mol. The number of likely N-dealkylation sites (tertiary alicyclic amines) is 1. The molecule has 0 bridgehead atoms. The van der Waals surface area contributed by atoms with Crippen molar-refractivity contribution >= 4 is 23.2 Å². The molecule has 1 N–H and O–H groups in total. The summed E-state index contributed by atoms with van der Waals surface area (Å²) in [5.74, 6) is -0.272. The summed E-state index contributed by atoms with van der Waals surface area (Å²) in [6.45, 7) is -0.431. The van der Waals surface area contributed by atoms with Crippen LogP contribution in [0.1, 0.15) is 29.1 Å². The molecule has 1 saturated heterocycles. The van der Waals surface area contributed by atoms with Crippen LogP contribution in [0.25, 0.3) is 0 Å². The van der Waals surface area contributed by atoms with E-state index in [0.29, 0.717) is 19.4 Å². The Hall–Kier alpha value is -2.55. The summed E-state index contributed by atoms with van der Waals surface area (Å²) in [4.78, 5) is 30.5. The lowest BCUT2D eigenvalue weighted by molar-refractivity contribution is -0.135. The Balaban J connectivity index is 1.60. The van der Waals surface area contributed by atoms with Crippen molar-refractivity contribution in [2.75, 3.05) is 0 Å². The van der Waals surface area contributed by atoms with E-state index in [2.05, 4.69) is 15.0 Å². The molecule has 1 atom stereocenters. The molecule has 1 aliphatic rings. The third-order valence-corrected chi connectivity index (χ3v) is 5.06. The van der Waals surface area contributed by atoms with E-state index >= 15 is 0 Å². The number of nitrogens with zero attached hydrogens (tertiary/aromatic N) is 2. The molecule has 6 nitrogen and oxygen atoms in total. The van der Waals surface area contributed by atoms with Crippen LogP contribution in [0.2, 0.25) is 0 Å². The molecular weight excluding hydrogens is 376 g/mol. The van der Waals surface area contributed by atoms with Crippen LogP contribution in [0.15, 0.2) is 29.6 Å². The molecule has 144 valence electrons. The minimum Gasteiger partial charge on any atom is -0.435 e. The molecule has 0 spiro atoms. The molecular formula is C18H19F2N3O3S. The Morgan fingerprint density at radius 3 is 2.78 bits per heavy atom. The zero-order valence-corrected chi connectivity index (χ0v) is 15.5. The summed E-state index contributed by atoms with van der Waals surface area (Å²) in [5, 5.41) is 5.64. The largest absolute Gasteiger partial charge is 0.435 e. The molecule has 1 aromatic carbocycles. The fraction of sp³-hybridized carbons (Fsp3) is 0.389. The predicted molar refractivity (Wildman–Crippen MR) is 95.3 cm³/mol. The molecule has 1 aromatic heterocycles. The van der Waals surface area contributed by atoms with Gasteiger partial charge in [0.05, 0.1) is 17.2 Å². The van der Waals surface area contributed by atoms with E-state index in [1.807, 2.05) is 12.3 Å². The number of nitrogens with one attached hydrogen (secondary N) is 1. The number of carbonyl (C=O) groups is 2. The summed E-state index contributed by atoms with van der Waals surface area (Å²) in [5.41, 5.74) is 1.52. The highest BCUT2D eigenvalue weighted by Crippen LogP contribution is 2.23. The Morgan fingerprint density at radius 2 is 2.15 bits per heavy atom. The van der Waals surface area contributed by atoms with Crippen molar-refractivity contribution in [3.05, 3.63) is 45.9 Å². The first-order chi connectivity index (χ1) is 12.9. The van der Waals surface area contributed by atoms with Gasteiger partial charge < -0.3 is 15.0 Å². The second-order valence-electron chi connectivity index (χ2n) is 6.17. The summed E-state index contributed by atoms with van der Waals surface area (Å²) in [7, 11) is 0. The number of halogens is 2. The van der Waals surface area contributed by atoms with Crippen molar-refractivity contribution in [3.8, 4) is 5.75 Å². The number of ether oxygens (including phenoxy) is 1. The topological polar surface area (TPSA) is 71.5 Å². The number of benzene rings is 1.